The molecule has 0 atom stereocenters. The van der Waals surface area contributed by atoms with Crippen LogP contribution < -0.4 is 0 Å². The zero-order valence-corrected chi connectivity index (χ0v) is 19.8. The van der Waals surface area contributed by atoms with Crippen LogP contribution in [0.1, 0.15) is 48.9 Å². The number of nitrogens with zero attached hydrogens (tertiary/aromatic N) is 7. The first-order valence-electron chi connectivity index (χ1n) is 12.2. The first kappa shape index (κ1) is 24.5. The fraction of sp³-hybridized carbons (Fsp3) is 0.727. The molecule has 0 radical (unpaired) electrons. The number of likely N-dealkylation sites (tertiary alicyclic amines) is 3. The number of urea groups is 1. The molecule has 1 N–H and O–H groups in total. The molecule has 2 aromatic rings. The summed E-state index contributed by atoms with van der Waals surface area (Å²) >= 11 is 0. The van der Waals surface area contributed by atoms with E-state index < -0.39 is 23.9 Å². The lowest BCUT2D eigenvalue weighted by atomic mass is 9.60. The highest BCUT2D eigenvalue weighted by Crippen LogP contribution is 2.54. The molecule has 1 saturated carbocycles. The highest BCUT2D eigenvalue weighted by molar-refractivity contribution is 5.76. The van der Waals surface area contributed by atoms with E-state index in [2.05, 4.69) is 20.1 Å². The second-order valence-electron chi connectivity index (χ2n) is 11.1. The van der Waals surface area contributed by atoms with Gasteiger partial charge in [0, 0.05) is 43.6 Å². The summed E-state index contributed by atoms with van der Waals surface area (Å²) in [5, 5.41) is 9.38. The number of amides is 2. The summed E-state index contributed by atoms with van der Waals surface area (Å²) in [5.41, 5.74) is -0.467. The molecule has 6 rings (SSSR count). The maximum atomic E-state index is 12.9. The first-order chi connectivity index (χ1) is 17.3. The van der Waals surface area contributed by atoms with Crippen molar-refractivity contribution in [3.63, 3.8) is 0 Å². The van der Waals surface area contributed by atoms with Crippen LogP contribution in [0.5, 0.6) is 0 Å². The van der Waals surface area contributed by atoms with Gasteiger partial charge in [0.25, 0.3) is 5.82 Å². The van der Waals surface area contributed by atoms with Crippen LogP contribution in [0.15, 0.2) is 12.4 Å². The van der Waals surface area contributed by atoms with Crippen LogP contribution in [0, 0.1) is 10.8 Å². The van der Waals surface area contributed by atoms with Crippen molar-refractivity contribution in [2.75, 3.05) is 39.3 Å². The number of carbonyl (C=O) groups excluding carboxylic acids is 1. The van der Waals surface area contributed by atoms with Gasteiger partial charge < -0.3 is 9.80 Å². The van der Waals surface area contributed by atoms with Gasteiger partial charge in [-0.25, -0.2) is 14.5 Å². The minimum atomic E-state index is -4.56. The van der Waals surface area contributed by atoms with Gasteiger partial charge in [-0.3, -0.25) is 10.00 Å². The average Bonchev–Trinajstić information content (AvgIpc) is 3.40. The number of aromatic amines is 1. The largest absolute Gasteiger partial charge is 0.453 e. The summed E-state index contributed by atoms with van der Waals surface area (Å²) in [4.78, 5) is 22.0. The quantitative estimate of drug-likeness (QED) is 0.613. The third kappa shape index (κ3) is 4.44. The zero-order chi connectivity index (χ0) is 26.2. The normalized spacial score (nSPS) is 23.7. The molecule has 2 amide bonds. The van der Waals surface area contributed by atoms with Gasteiger partial charge in [-0.15, -0.1) is 5.10 Å². The van der Waals surface area contributed by atoms with Gasteiger partial charge in [0.15, 0.2) is 0 Å². The summed E-state index contributed by atoms with van der Waals surface area (Å²) < 4.78 is 77.7. The van der Waals surface area contributed by atoms with Crippen LogP contribution in [0.25, 0.3) is 0 Å². The molecular formula is C22H26F6N8O. The molecule has 0 unspecified atom stereocenters. The number of rotatable bonds is 3. The van der Waals surface area contributed by atoms with Gasteiger partial charge in [0.2, 0.25) is 0 Å². The van der Waals surface area contributed by atoms with Crippen molar-refractivity contribution in [2.45, 2.75) is 50.6 Å². The van der Waals surface area contributed by atoms with E-state index >= 15 is 0 Å². The molecule has 5 heterocycles. The van der Waals surface area contributed by atoms with Crippen LogP contribution in [0.4, 0.5) is 31.1 Å². The zero-order valence-electron chi connectivity index (χ0n) is 19.8. The van der Waals surface area contributed by atoms with Crippen LogP contribution >= 0.6 is 0 Å². The lowest BCUT2D eigenvalue weighted by Gasteiger charge is -2.61. The third-order valence-electron chi connectivity index (χ3n) is 8.36. The Kier molecular flexibility index (Phi) is 5.35. The molecule has 0 aromatic carbocycles. The molecule has 1 aliphatic carbocycles. The summed E-state index contributed by atoms with van der Waals surface area (Å²) in [5.74, 6) is -1.13. The van der Waals surface area contributed by atoms with E-state index in [4.69, 9.17) is 0 Å². The van der Waals surface area contributed by atoms with E-state index in [0.717, 1.165) is 38.3 Å². The number of halogens is 6. The van der Waals surface area contributed by atoms with E-state index in [1.54, 1.807) is 4.90 Å². The average molecular weight is 532 g/mol. The maximum Gasteiger partial charge on any atom is 0.453 e. The van der Waals surface area contributed by atoms with Gasteiger partial charge in [0.05, 0.1) is 11.7 Å². The van der Waals surface area contributed by atoms with Crippen molar-refractivity contribution in [1.29, 1.82) is 0 Å². The Balaban J connectivity index is 0.926. The summed E-state index contributed by atoms with van der Waals surface area (Å²) in [6, 6.07) is 0.919. The van der Waals surface area contributed by atoms with Crippen LogP contribution in [-0.4, -0.2) is 85.0 Å². The van der Waals surface area contributed by atoms with Gasteiger partial charge in [-0.2, -0.15) is 31.4 Å². The predicted octanol–water partition coefficient (Wildman–Crippen LogP) is 3.39. The van der Waals surface area contributed by atoms with Crippen LogP contribution in [-0.2, 0) is 18.9 Å². The Morgan fingerprint density at radius 1 is 0.973 bits per heavy atom. The number of piperidine rings is 1. The first-order valence-corrected chi connectivity index (χ1v) is 12.2. The SMILES string of the molecule is O=C(N1CC2(CCN(Cc3cc(C(F)(F)F)[nH]n3)CC2)C1)N1CC2(CC(n3cnc(C(F)(F)F)n3)C2)C1. The van der Waals surface area contributed by atoms with E-state index in [-0.39, 0.29) is 22.9 Å². The fourth-order valence-corrected chi connectivity index (χ4v) is 6.28. The highest BCUT2D eigenvalue weighted by atomic mass is 19.4. The van der Waals surface area contributed by atoms with E-state index in [1.807, 2.05) is 10.00 Å². The third-order valence-corrected chi connectivity index (χ3v) is 8.36. The summed E-state index contributed by atoms with van der Waals surface area (Å²) in [7, 11) is 0. The van der Waals surface area contributed by atoms with Crippen molar-refractivity contribution in [2.24, 2.45) is 10.8 Å². The number of hydrogen-bond donors (Lipinski definition) is 1. The predicted molar refractivity (Wildman–Crippen MR) is 115 cm³/mol. The van der Waals surface area contributed by atoms with Gasteiger partial charge in [0.1, 0.15) is 12.0 Å². The smallest absolute Gasteiger partial charge is 0.323 e. The maximum absolute atomic E-state index is 12.9. The Morgan fingerprint density at radius 2 is 1.59 bits per heavy atom. The monoisotopic (exact) mass is 532 g/mol. The summed E-state index contributed by atoms with van der Waals surface area (Å²) in [6.45, 7) is 4.38. The second-order valence-corrected chi connectivity index (χ2v) is 11.1. The Labute approximate surface area is 207 Å². The topological polar surface area (TPSA) is 86.2 Å². The van der Waals surface area contributed by atoms with E-state index in [9.17, 15) is 31.1 Å². The van der Waals surface area contributed by atoms with Crippen molar-refractivity contribution < 1.29 is 31.1 Å². The standard InChI is InChI=1S/C22H26F6N8O/c23-21(24,25)16-5-14(30-31-16)8-33-3-1-19(2-4-33)9-34(10-19)18(37)35-11-20(12-35)6-15(7-20)36-13-29-17(32-36)22(26,27)28/h5,13,15H,1-4,6-12H2,(H,30,31). The number of alkyl halides is 6. The van der Waals surface area contributed by atoms with Crippen LogP contribution in [0.3, 0.4) is 0 Å². The molecule has 0 bridgehead atoms. The minimum absolute atomic E-state index is 0.00144. The van der Waals surface area contributed by atoms with Crippen molar-refractivity contribution >= 4 is 6.03 Å². The lowest BCUT2D eigenvalue weighted by molar-refractivity contribution is -0.145. The molecule has 2 aromatic heterocycles. The van der Waals surface area contributed by atoms with Crippen LogP contribution in [0.2, 0.25) is 0 Å². The van der Waals surface area contributed by atoms with Crippen molar-refractivity contribution in [3.8, 4) is 0 Å². The van der Waals surface area contributed by atoms with Gasteiger partial charge >= 0.3 is 18.4 Å². The lowest BCUT2D eigenvalue weighted by Crippen LogP contribution is -2.70. The van der Waals surface area contributed by atoms with Crippen molar-refractivity contribution in [1.82, 2.24) is 39.7 Å². The minimum Gasteiger partial charge on any atom is -0.323 e. The number of nitrogens with one attached hydrogen (secondary N) is 1. The Morgan fingerprint density at radius 3 is 2.14 bits per heavy atom. The molecule has 37 heavy (non-hydrogen) atoms. The second kappa shape index (κ2) is 8.08. The number of carbonyl (C=O) groups is 1. The molecule has 4 aliphatic rings. The number of aromatic nitrogens is 5. The Bertz CT molecular complexity index is 1160. The van der Waals surface area contributed by atoms with Gasteiger partial charge in [-0.05, 0) is 44.8 Å². The summed E-state index contributed by atoms with van der Waals surface area (Å²) in [6.07, 6.45) is -4.77. The molecule has 15 heteroatoms. The van der Waals surface area contributed by atoms with E-state index in [0.29, 0.717) is 51.3 Å². The molecular weight excluding hydrogens is 506 g/mol. The molecule has 4 fully saturated rings. The number of hydrogen-bond acceptors (Lipinski definition) is 5. The van der Waals surface area contributed by atoms with E-state index in [1.165, 1.54) is 4.68 Å². The molecule has 9 nitrogen and oxygen atoms in total. The number of H-pyrrole nitrogens is 1. The Hall–Kier alpha value is -2.84. The molecule has 3 aliphatic heterocycles. The molecule has 202 valence electrons. The van der Waals surface area contributed by atoms with Gasteiger partial charge in [-0.1, -0.05) is 0 Å². The van der Waals surface area contributed by atoms with Crippen molar-refractivity contribution in [3.05, 3.63) is 29.6 Å². The fourth-order valence-electron chi connectivity index (χ4n) is 6.28. The molecule has 3 saturated heterocycles. The molecule has 2 spiro atoms. The highest BCUT2D eigenvalue weighted by Gasteiger charge is 2.57.